The molecule has 0 unspecified atom stereocenters. The highest BCUT2D eigenvalue weighted by atomic mass is 32.2. The first kappa shape index (κ1) is 14.9. The zero-order chi connectivity index (χ0) is 13.1. The van der Waals surface area contributed by atoms with Crippen LogP contribution in [0.2, 0.25) is 0 Å². The summed E-state index contributed by atoms with van der Waals surface area (Å²) in [5.41, 5.74) is 5.99. The molecule has 5 heteroatoms. The highest BCUT2D eigenvalue weighted by molar-refractivity contribution is 7.89. The molecule has 1 rings (SSSR count). The van der Waals surface area contributed by atoms with Gasteiger partial charge in [0.15, 0.2) is 0 Å². The highest BCUT2D eigenvalue weighted by Gasteiger charge is 2.26. The van der Waals surface area contributed by atoms with Gasteiger partial charge in [0, 0.05) is 12.1 Å². The molecule has 0 spiro atoms. The first-order valence-corrected chi connectivity index (χ1v) is 8.10. The number of hydrogen-bond donors (Lipinski definition) is 2. The van der Waals surface area contributed by atoms with E-state index in [0.29, 0.717) is 6.42 Å². The summed E-state index contributed by atoms with van der Waals surface area (Å²) in [6.07, 6.45) is 4.65. The molecule has 17 heavy (non-hydrogen) atoms. The van der Waals surface area contributed by atoms with Crippen molar-refractivity contribution in [3.63, 3.8) is 0 Å². The van der Waals surface area contributed by atoms with E-state index in [0.717, 1.165) is 25.7 Å². The van der Waals surface area contributed by atoms with Gasteiger partial charge in [-0.15, -0.1) is 0 Å². The monoisotopic (exact) mass is 262 g/mol. The van der Waals surface area contributed by atoms with Gasteiger partial charge in [-0.1, -0.05) is 33.6 Å². The van der Waals surface area contributed by atoms with Gasteiger partial charge in [-0.25, -0.2) is 13.1 Å². The molecule has 2 atom stereocenters. The molecule has 4 nitrogen and oxygen atoms in total. The molecular weight excluding hydrogens is 236 g/mol. The van der Waals surface area contributed by atoms with Crippen molar-refractivity contribution in [1.29, 1.82) is 0 Å². The van der Waals surface area contributed by atoms with Crippen LogP contribution in [0.5, 0.6) is 0 Å². The molecule has 0 aliphatic heterocycles. The summed E-state index contributed by atoms with van der Waals surface area (Å²) in [5.74, 6) is 0.194. The van der Waals surface area contributed by atoms with Crippen LogP contribution in [0.1, 0.15) is 52.9 Å². The van der Waals surface area contributed by atoms with Gasteiger partial charge in [0.1, 0.15) is 0 Å². The zero-order valence-electron chi connectivity index (χ0n) is 11.2. The van der Waals surface area contributed by atoms with Crippen molar-refractivity contribution in [3.8, 4) is 0 Å². The quantitative estimate of drug-likeness (QED) is 0.808. The van der Waals surface area contributed by atoms with Gasteiger partial charge in [-0.3, -0.25) is 0 Å². The second-order valence-electron chi connectivity index (χ2n) is 6.30. The Bertz CT molecular complexity index is 333. The maximum absolute atomic E-state index is 11.9. The SMILES string of the molecule is CC(C)(C)CCS(=O)(=O)N[C@@H]1CCCC[C@H]1N. The van der Waals surface area contributed by atoms with E-state index in [9.17, 15) is 8.42 Å². The summed E-state index contributed by atoms with van der Waals surface area (Å²) in [5, 5.41) is 0. The van der Waals surface area contributed by atoms with Crippen molar-refractivity contribution in [3.05, 3.63) is 0 Å². The average molecular weight is 262 g/mol. The fraction of sp³-hybridized carbons (Fsp3) is 1.00. The molecule has 0 heterocycles. The van der Waals surface area contributed by atoms with Crippen molar-refractivity contribution in [1.82, 2.24) is 4.72 Å². The standard InChI is InChI=1S/C12H26N2O2S/c1-12(2,3)8-9-17(15,16)14-11-7-5-4-6-10(11)13/h10-11,14H,4-9,13H2,1-3H3/t10-,11-/m1/s1. The maximum Gasteiger partial charge on any atom is 0.211 e. The molecule has 102 valence electrons. The van der Waals surface area contributed by atoms with Crippen molar-refractivity contribution in [2.24, 2.45) is 11.1 Å². The normalized spacial score (nSPS) is 27.1. The summed E-state index contributed by atoms with van der Waals surface area (Å²) >= 11 is 0. The predicted octanol–water partition coefficient (Wildman–Crippen LogP) is 1.61. The molecule has 0 bridgehead atoms. The summed E-state index contributed by atoms with van der Waals surface area (Å²) < 4.78 is 26.6. The number of nitrogens with two attached hydrogens (primary N) is 1. The van der Waals surface area contributed by atoms with E-state index < -0.39 is 10.0 Å². The molecule has 1 aliphatic carbocycles. The van der Waals surface area contributed by atoms with Gasteiger partial charge in [0.05, 0.1) is 5.75 Å². The minimum absolute atomic E-state index is 0.0202. The summed E-state index contributed by atoms with van der Waals surface area (Å²) in [6, 6.07) is -0.0816. The van der Waals surface area contributed by atoms with Crippen LogP contribution in [-0.2, 0) is 10.0 Å². The summed E-state index contributed by atoms with van der Waals surface area (Å²) in [6.45, 7) is 6.15. The van der Waals surface area contributed by atoms with Crippen molar-refractivity contribution in [2.45, 2.75) is 65.0 Å². The molecule has 1 aliphatic rings. The van der Waals surface area contributed by atoms with Gasteiger partial charge in [0.2, 0.25) is 10.0 Å². The second kappa shape index (κ2) is 5.67. The Hall–Kier alpha value is -0.130. The molecule has 0 saturated heterocycles. The fourth-order valence-corrected chi connectivity index (χ4v) is 3.79. The summed E-state index contributed by atoms with van der Waals surface area (Å²) in [7, 11) is -3.18. The van der Waals surface area contributed by atoms with E-state index in [4.69, 9.17) is 5.73 Å². The third-order valence-corrected chi connectivity index (χ3v) is 4.67. The Kier molecular flexibility index (Phi) is 4.98. The van der Waals surface area contributed by atoms with Crippen LogP contribution in [0.4, 0.5) is 0 Å². The lowest BCUT2D eigenvalue weighted by molar-refractivity contribution is 0.358. The average Bonchev–Trinajstić information content (AvgIpc) is 2.18. The number of nitrogens with one attached hydrogen (secondary N) is 1. The van der Waals surface area contributed by atoms with E-state index in [-0.39, 0.29) is 23.3 Å². The highest BCUT2D eigenvalue weighted by Crippen LogP contribution is 2.21. The van der Waals surface area contributed by atoms with Crippen LogP contribution in [0, 0.1) is 5.41 Å². The van der Waals surface area contributed by atoms with Gasteiger partial charge in [-0.05, 0) is 24.7 Å². The van der Waals surface area contributed by atoms with Crippen molar-refractivity contribution in [2.75, 3.05) is 5.75 Å². The number of rotatable bonds is 4. The predicted molar refractivity (Wildman–Crippen MR) is 71.2 cm³/mol. The minimum Gasteiger partial charge on any atom is -0.326 e. The number of hydrogen-bond acceptors (Lipinski definition) is 3. The molecule has 1 saturated carbocycles. The largest absolute Gasteiger partial charge is 0.326 e. The smallest absolute Gasteiger partial charge is 0.211 e. The zero-order valence-corrected chi connectivity index (χ0v) is 12.0. The molecule has 0 amide bonds. The van der Waals surface area contributed by atoms with Gasteiger partial charge in [0.25, 0.3) is 0 Å². The minimum atomic E-state index is -3.18. The van der Waals surface area contributed by atoms with E-state index in [1.54, 1.807) is 0 Å². The first-order valence-electron chi connectivity index (χ1n) is 6.45. The topological polar surface area (TPSA) is 72.2 Å². The molecule has 0 aromatic heterocycles. The van der Waals surface area contributed by atoms with Crippen LogP contribution < -0.4 is 10.5 Å². The van der Waals surface area contributed by atoms with Crippen LogP contribution in [-0.4, -0.2) is 26.3 Å². The third kappa shape index (κ3) is 5.84. The van der Waals surface area contributed by atoms with Crippen molar-refractivity contribution < 1.29 is 8.42 Å². The van der Waals surface area contributed by atoms with Gasteiger partial charge in [-0.2, -0.15) is 0 Å². The fourth-order valence-electron chi connectivity index (χ4n) is 2.04. The molecule has 1 fully saturated rings. The second-order valence-corrected chi connectivity index (χ2v) is 8.18. The summed E-state index contributed by atoms with van der Waals surface area (Å²) in [4.78, 5) is 0. The Morgan fingerprint density at radius 3 is 2.35 bits per heavy atom. The Morgan fingerprint density at radius 1 is 1.24 bits per heavy atom. The molecule has 3 N–H and O–H groups in total. The molecule has 0 aromatic rings. The Morgan fingerprint density at radius 2 is 1.82 bits per heavy atom. The molecule has 0 aromatic carbocycles. The van der Waals surface area contributed by atoms with E-state index in [1.807, 2.05) is 0 Å². The lowest BCUT2D eigenvalue weighted by atomic mass is 9.92. The van der Waals surface area contributed by atoms with Crippen molar-refractivity contribution >= 4 is 10.0 Å². The lowest BCUT2D eigenvalue weighted by Crippen LogP contribution is -2.49. The third-order valence-electron chi connectivity index (χ3n) is 3.27. The van der Waals surface area contributed by atoms with E-state index >= 15 is 0 Å². The number of sulfonamides is 1. The van der Waals surface area contributed by atoms with Crippen LogP contribution >= 0.6 is 0 Å². The lowest BCUT2D eigenvalue weighted by Gasteiger charge is -2.29. The van der Waals surface area contributed by atoms with Gasteiger partial charge < -0.3 is 5.73 Å². The van der Waals surface area contributed by atoms with Gasteiger partial charge >= 0.3 is 0 Å². The molecule has 0 radical (unpaired) electrons. The first-order chi connectivity index (χ1) is 7.70. The van der Waals surface area contributed by atoms with Crippen LogP contribution in [0.25, 0.3) is 0 Å². The van der Waals surface area contributed by atoms with E-state index in [2.05, 4.69) is 25.5 Å². The van der Waals surface area contributed by atoms with Crippen LogP contribution in [0.3, 0.4) is 0 Å². The van der Waals surface area contributed by atoms with Crippen LogP contribution in [0.15, 0.2) is 0 Å². The molecular formula is C12H26N2O2S. The Labute approximate surface area is 105 Å². The Balaban J connectivity index is 2.48. The maximum atomic E-state index is 11.9. The van der Waals surface area contributed by atoms with E-state index in [1.165, 1.54) is 0 Å².